The molecule has 0 spiro atoms. The maximum Gasteiger partial charge on any atom is 0.231 e. The van der Waals surface area contributed by atoms with E-state index < -0.39 is 0 Å². The van der Waals surface area contributed by atoms with Crippen molar-refractivity contribution in [1.82, 2.24) is 0 Å². The molecule has 0 aromatic heterocycles. The fourth-order valence-corrected chi connectivity index (χ4v) is 2.07. The molecule has 1 heterocycles. The van der Waals surface area contributed by atoms with E-state index >= 15 is 0 Å². The molecule has 2 aromatic carbocycles. The van der Waals surface area contributed by atoms with Crippen LogP contribution in [0.15, 0.2) is 42.5 Å². The van der Waals surface area contributed by atoms with Crippen LogP contribution in [0.3, 0.4) is 0 Å². The number of rotatable bonds is 2. The molecule has 1 aliphatic heterocycles. The standard InChI is InChI=1S/C17H10N2O2/c18-9-12-1-4-14(5-2-12)15(10-19)7-13-3-6-16-17(8-13)21-11-20-16/h1-8H,11H2/b15-7+. The minimum Gasteiger partial charge on any atom is -0.454 e. The minimum atomic E-state index is 0.225. The van der Waals surface area contributed by atoms with Gasteiger partial charge in [-0.1, -0.05) is 18.2 Å². The zero-order valence-electron chi connectivity index (χ0n) is 11.0. The monoisotopic (exact) mass is 274 g/mol. The highest BCUT2D eigenvalue weighted by molar-refractivity contribution is 5.90. The molecule has 0 atom stereocenters. The molecule has 3 rings (SSSR count). The third-order valence-corrected chi connectivity index (χ3v) is 3.15. The Hall–Kier alpha value is -3.24. The quantitative estimate of drug-likeness (QED) is 0.622. The van der Waals surface area contributed by atoms with Crippen molar-refractivity contribution in [3.63, 3.8) is 0 Å². The van der Waals surface area contributed by atoms with Gasteiger partial charge in [0.15, 0.2) is 11.5 Å². The molecule has 0 saturated carbocycles. The number of nitriles is 2. The normalized spacial score (nSPS) is 12.6. The largest absolute Gasteiger partial charge is 0.454 e. The average Bonchev–Trinajstić information content (AvgIpc) is 3.00. The predicted molar refractivity (Wildman–Crippen MR) is 77.2 cm³/mol. The van der Waals surface area contributed by atoms with E-state index in [4.69, 9.17) is 14.7 Å². The summed E-state index contributed by atoms with van der Waals surface area (Å²) in [6, 6.07) is 16.7. The van der Waals surface area contributed by atoms with Crippen LogP contribution in [0.2, 0.25) is 0 Å². The molecule has 1 aliphatic rings. The Morgan fingerprint density at radius 1 is 1.00 bits per heavy atom. The third-order valence-electron chi connectivity index (χ3n) is 3.15. The minimum absolute atomic E-state index is 0.225. The maximum atomic E-state index is 9.32. The van der Waals surface area contributed by atoms with Gasteiger partial charge in [0.25, 0.3) is 0 Å². The topological polar surface area (TPSA) is 66.0 Å². The predicted octanol–water partition coefficient (Wildman–Crippen LogP) is 3.35. The summed E-state index contributed by atoms with van der Waals surface area (Å²) in [6.07, 6.45) is 1.78. The molecule has 4 nitrogen and oxygen atoms in total. The molecule has 4 heteroatoms. The van der Waals surface area contributed by atoms with E-state index in [-0.39, 0.29) is 6.79 Å². The number of ether oxygens (including phenoxy) is 2. The number of hydrogen-bond acceptors (Lipinski definition) is 4. The van der Waals surface area contributed by atoms with Crippen LogP contribution in [0.25, 0.3) is 11.6 Å². The Kier molecular flexibility index (Phi) is 3.29. The highest BCUT2D eigenvalue weighted by atomic mass is 16.7. The van der Waals surface area contributed by atoms with Gasteiger partial charge in [-0.3, -0.25) is 0 Å². The molecule has 0 bridgehead atoms. The van der Waals surface area contributed by atoms with Crippen LogP contribution in [0.1, 0.15) is 16.7 Å². The smallest absolute Gasteiger partial charge is 0.231 e. The first kappa shape index (κ1) is 12.8. The summed E-state index contributed by atoms with van der Waals surface area (Å²) in [4.78, 5) is 0. The molecular weight excluding hydrogens is 264 g/mol. The highest BCUT2D eigenvalue weighted by Crippen LogP contribution is 2.33. The van der Waals surface area contributed by atoms with Gasteiger partial charge in [0, 0.05) is 0 Å². The lowest BCUT2D eigenvalue weighted by molar-refractivity contribution is 0.174. The van der Waals surface area contributed by atoms with Gasteiger partial charge in [-0.15, -0.1) is 0 Å². The third kappa shape index (κ3) is 2.56. The van der Waals surface area contributed by atoms with Crippen molar-refractivity contribution in [3.05, 3.63) is 59.2 Å². The Morgan fingerprint density at radius 2 is 1.76 bits per heavy atom. The first-order chi connectivity index (χ1) is 10.3. The van der Waals surface area contributed by atoms with Crippen molar-refractivity contribution < 1.29 is 9.47 Å². The van der Waals surface area contributed by atoms with E-state index in [1.54, 1.807) is 30.3 Å². The average molecular weight is 274 g/mol. The van der Waals surface area contributed by atoms with Gasteiger partial charge >= 0.3 is 0 Å². The van der Waals surface area contributed by atoms with E-state index in [2.05, 4.69) is 12.1 Å². The first-order valence-electron chi connectivity index (χ1n) is 6.32. The SMILES string of the molecule is N#C/C(=C\c1ccc2c(c1)OCO2)c1ccc(C#N)cc1. The van der Waals surface area contributed by atoms with Crippen LogP contribution in [-0.2, 0) is 0 Å². The van der Waals surface area contributed by atoms with Gasteiger partial charge in [-0.05, 0) is 41.5 Å². The Bertz CT molecular complexity index is 793. The van der Waals surface area contributed by atoms with Crippen LogP contribution in [-0.4, -0.2) is 6.79 Å². The summed E-state index contributed by atoms with van der Waals surface area (Å²) in [7, 11) is 0. The molecule has 0 saturated heterocycles. The first-order valence-corrected chi connectivity index (χ1v) is 6.32. The number of hydrogen-bond donors (Lipinski definition) is 0. The number of fused-ring (bicyclic) bond motifs is 1. The lowest BCUT2D eigenvalue weighted by Gasteiger charge is -2.01. The Labute approximate surface area is 122 Å². The van der Waals surface area contributed by atoms with Crippen LogP contribution in [0.4, 0.5) is 0 Å². The van der Waals surface area contributed by atoms with Crippen molar-refractivity contribution >= 4 is 11.6 Å². The van der Waals surface area contributed by atoms with Crippen LogP contribution >= 0.6 is 0 Å². The van der Waals surface area contributed by atoms with Gasteiger partial charge in [0.1, 0.15) is 0 Å². The van der Waals surface area contributed by atoms with Crippen molar-refractivity contribution in [3.8, 4) is 23.6 Å². The summed E-state index contributed by atoms with van der Waals surface area (Å²) < 4.78 is 10.6. The number of allylic oxidation sites excluding steroid dienone is 1. The molecule has 0 N–H and O–H groups in total. The van der Waals surface area contributed by atoms with Gasteiger partial charge in [0.2, 0.25) is 6.79 Å². The molecule has 0 amide bonds. The highest BCUT2D eigenvalue weighted by Gasteiger charge is 2.12. The van der Waals surface area contributed by atoms with Crippen molar-refractivity contribution in [2.45, 2.75) is 0 Å². The van der Waals surface area contributed by atoms with E-state index in [9.17, 15) is 5.26 Å². The van der Waals surface area contributed by atoms with Crippen LogP contribution in [0, 0.1) is 22.7 Å². The molecule has 0 fully saturated rings. The molecule has 100 valence electrons. The van der Waals surface area contributed by atoms with Gasteiger partial charge in [-0.25, -0.2) is 0 Å². The molecule has 0 aliphatic carbocycles. The fourth-order valence-electron chi connectivity index (χ4n) is 2.07. The Balaban J connectivity index is 1.95. The number of nitrogens with zero attached hydrogens (tertiary/aromatic N) is 2. The number of benzene rings is 2. The van der Waals surface area contributed by atoms with E-state index in [0.717, 1.165) is 11.1 Å². The summed E-state index contributed by atoms with van der Waals surface area (Å²) in [5.74, 6) is 1.39. The summed E-state index contributed by atoms with van der Waals surface area (Å²) >= 11 is 0. The second-order valence-electron chi connectivity index (χ2n) is 4.47. The lowest BCUT2D eigenvalue weighted by Crippen LogP contribution is -1.92. The van der Waals surface area contributed by atoms with E-state index in [1.165, 1.54) is 0 Å². The molecule has 2 aromatic rings. The van der Waals surface area contributed by atoms with Crippen molar-refractivity contribution in [2.75, 3.05) is 6.79 Å². The molecule has 0 unspecified atom stereocenters. The van der Waals surface area contributed by atoms with Crippen LogP contribution in [0.5, 0.6) is 11.5 Å². The second kappa shape index (κ2) is 5.40. The van der Waals surface area contributed by atoms with Gasteiger partial charge in [-0.2, -0.15) is 10.5 Å². The van der Waals surface area contributed by atoms with Gasteiger partial charge in [0.05, 0.1) is 23.3 Å². The second-order valence-corrected chi connectivity index (χ2v) is 4.47. The Morgan fingerprint density at radius 3 is 2.48 bits per heavy atom. The van der Waals surface area contributed by atoms with Crippen LogP contribution < -0.4 is 9.47 Å². The molecule has 21 heavy (non-hydrogen) atoms. The van der Waals surface area contributed by atoms with Crippen molar-refractivity contribution in [2.24, 2.45) is 0 Å². The summed E-state index contributed by atoms with van der Waals surface area (Å²) in [5, 5.41) is 18.1. The zero-order chi connectivity index (χ0) is 14.7. The zero-order valence-corrected chi connectivity index (χ0v) is 11.0. The summed E-state index contributed by atoms with van der Waals surface area (Å²) in [6.45, 7) is 0.225. The van der Waals surface area contributed by atoms with E-state index in [1.807, 2.05) is 18.2 Å². The van der Waals surface area contributed by atoms with Gasteiger partial charge < -0.3 is 9.47 Å². The van der Waals surface area contributed by atoms with E-state index in [0.29, 0.717) is 22.6 Å². The lowest BCUT2D eigenvalue weighted by atomic mass is 10.0. The molecular formula is C17H10N2O2. The summed E-state index contributed by atoms with van der Waals surface area (Å²) in [5.41, 5.74) is 2.73. The fraction of sp³-hybridized carbons (Fsp3) is 0.0588. The maximum absolute atomic E-state index is 9.32. The molecule has 0 radical (unpaired) electrons. The van der Waals surface area contributed by atoms with Crippen molar-refractivity contribution in [1.29, 1.82) is 10.5 Å².